The summed E-state index contributed by atoms with van der Waals surface area (Å²) in [5.41, 5.74) is -0.216. The Morgan fingerprint density at radius 1 is 1.59 bits per heavy atom. The highest BCUT2D eigenvalue weighted by Gasteiger charge is 2.47. The predicted octanol–water partition coefficient (Wildman–Crippen LogP) is 1.56. The molecule has 1 heterocycles. The molecule has 0 aliphatic heterocycles. The largest absolute Gasteiger partial charge is 0.392 e. The molecule has 0 radical (unpaired) electrons. The van der Waals surface area contributed by atoms with Crippen molar-refractivity contribution in [2.24, 2.45) is 5.41 Å². The van der Waals surface area contributed by atoms with E-state index in [1.54, 1.807) is 6.07 Å². The number of nitrogens with zero attached hydrogens (tertiary/aromatic N) is 2. The van der Waals surface area contributed by atoms with Crippen LogP contribution in [0.5, 0.6) is 0 Å². The number of anilines is 1. The minimum absolute atomic E-state index is 0.0246. The molecule has 0 saturated heterocycles. The Morgan fingerprint density at radius 2 is 2.29 bits per heavy atom. The van der Waals surface area contributed by atoms with Crippen LogP contribution in [0, 0.1) is 15.5 Å². The summed E-state index contributed by atoms with van der Waals surface area (Å²) in [6, 6.07) is 3.14. The molecule has 6 nitrogen and oxygen atoms in total. The van der Waals surface area contributed by atoms with Crippen LogP contribution >= 0.6 is 0 Å². The standard InChI is InChI=1S/C11H15N3O3/c1-11(2)8(5-9(11)15)13-10-4-3-7(6-12-10)14(16)17/h3-4,6,8-9,15H,5H2,1-2H3,(H,12,13). The van der Waals surface area contributed by atoms with E-state index < -0.39 is 4.92 Å². The van der Waals surface area contributed by atoms with E-state index in [0.29, 0.717) is 12.2 Å². The molecular weight excluding hydrogens is 222 g/mol. The quantitative estimate of drug-likeness (QED) is 0.615. The minimum atomic E-state index is -0.478. The smallest absolute Gasteiger partial charge is 0.287 e. The van der Waals surface area contributed by atoms with Crippen LogP contribution in [0.25, 0.3) is 0 Å². The van der Waals surface area contributed by atoms with E-state index in [0.717, 1.165) is 0 Å². The maximum absolute atomic E-state index is 10.5. The van der Waals surface area contributed by atoms with E-state index in [1.807, 2.05) is 13.8 Å². The van der Waals surface area contributed by atoms with Crippen molar-refractivity contribution in [3.05, 3.63) is 28.4 Å². The van der Waals surface area contributed by atoms with Crippen LogP contribution in [0.1, 0.15) is 20.3 Å². The molecule has 2 atom stereocenters. The van der Waals surface area contributed by atoms with E-state index in [1.165, 1.54) is 12.3 Å². The van der Waals surface area contributed by atoms with Gasteiger partial charge in [-0.1, -0.05) is 13.8 Å². The Kier molecular flexibility index (Phi) is 2.74. The molecule has 1 saturated carbocycles. The Labute approximate surface area is 98.8 Å². The fourth-order valence-electron chi connectivity index (χ4n) is 1.91. The zero-order chi connectivity index (χ0) is 12.6. The molecule has 0 bridgehead atoms. The van der Waals surface area contributed by atoms with Crippen LogP contribution < -0.4 is 5.32 Å². The van der Waals surface area contributed by atoms with Gasteiger partial charge < -0.3 is 10.4 Å². The van der Waals surface area contributed by atoms with Crippen LogP contribution in [0.3, 0.4) is 0 Å². The molecule has 1 aliphatic rings. The molecule has 1 aromatic heterocycles. The first-order chi connectivity index (χ1) is 7.91. The lowest BCUT2D eigenvalue weighted by molar-refractivity contribution is -0.385. The number of nitro groups is 1. The van der Waals surface area contributed by atoms with Gasteiger partial charge in [-0.25, -0.2) is 4.98 Å². The molecule has 6 heteroatoms. The second kappa shape index (κ2) is 3.96. The van der Waals surface area contributed by atoms with Gasteiger partial charge in [0.25, 0.3) is 5.69 Å². The molecule has 1 aromatic rings. The fraction of sp³-hybridized carbons (Fsp3) is 0.545. The highest BCUT2D eigenvalue weighted by molar-refractivity contribution is 5.42. The number of nitrogens with one attached hydrogen (secondary N) is 1. The van der Waals surface area contributed by atoms with Crippen LogP contribution in [-0.4, -0.2) is 27.2 Å². The van der Waals surface area contributed by atoms with Crippen LogP contribution in [0.15, 0.2) is 18.3 Å². The maximum atomic E-state index is 10.5. The zero-order valence-electron chi connectivity index (χ0n) is 9.75. The number of hydrogen-bond donors (Lipinski definition) is 2. The van der Waals surface area contributed by atoms with Crippen LogP contribution in [0.4, 0.5) is 11.5 Å². The van der Waals surface area contributed by atoms with E-state index in [4.69, 9.17) is 0 Å². The molecule has 2 N–H and O–H groups in total. The van der Waals surface area contributed by atoms with Crippen LogP contribution in [-0.2, 0) is 0 Å². The molecule has 1 fully saturated rings. The lowest BCUT2D eigenvalue weighted by Crippen LogP contribution is -2.57. The highest BCUT2D eigenvalue weighted by atomic mass is 16.6. The maximum Gasteiger partial charge on any atom is 0.287 e. The second-order valence-electron chi connectivity index (χ2n) is 4.93. The van der Waals surface area contributed by atoms with Gasteiger partial charge in [0.2, 0.25) is 0 Å². The number of aliphatic hydroxyl groups is 1. The van der Waals surface area contributed by atoms with Crippen LogP contribution in [0.2, 0.25) is 0 Å². The van der Waals surface area contributed by atoms with Crippen molar-refractivity contribution >= 4 is 11.5 Å². The molecule has 2 unspecified atom stereocenters. The summed E-state index contributed by atoms with van der Waals surface area (Å²) in [7, 11) is 0. The lowest BCUT2D eigenvalue weighted by Gasteiger charge is -2.49. The normalized spacial score (nSPS) is 26.1. The summed E-state index contributed by atoms with van der Waals surface area (Å²) in [5.74, 6) is 0.598. The molecule has 2 rings (SSSR count). The number of pyridine rings is 1. The van der Waals surface area contributed by atoms with Crippen molar-refractivity contribution in [2.45, 2.75) is 32.4 Å². The number of aromatic nitrogens is 1. The summed E-state index contributed by atoms with van der Waals surface area (Å²) in [6.45, 7) is 3.95. The van der Waals surface area contributed by atoms with Crippen molar-refractivity contribution in [3.63, 3.8) is 0 Å². The SMILES string of the molecule is CC1(C)C(O)CC1Nc1ccc([N+](=O)[O-])cn1. The molecular formula is C11H15N3O3. The number of aliphatic hydroxyl groups excluding tert-OH is 1. The Hall–Kier alpha value is -1.69. The van der Waals surface area contributed by atoms with Gasteiger partial charge in [-0.15, -0.1) is 0 Å². The first-order valence-electron chi connectivity index (χ1n) is 5.46. The zero-order valence-corrected chi connectivity index (χ0v) is 9.75. The van der Waals surface area contributed by atoms with E-state index in [2.05, 4.69) is 10.3 Å². The third kappa shape index (κ3) is 2.08. The fourth-order valence-corrected chi connectivity index (χ4v) is 1.91. The average molecular weight is 237 g/mol. The minimum Gasteiger partial charge on any atom is -0.392 e. The van der Waals surface area contributed by atoms with Gasteiger partial charge in [-0.2, -0.15) is 0 Å². The highest BCUT2D eigenvalue weighted by Crippen LogP contribution is 2.41. The number of rotatable bonds is 3. The topological polar surface area (TPSA) is 88.3 Å². The molecule has 0 amide bonds. The Morgan fingerprint density at radius 3 is 2.71 bits per heavy atom. The first kappa shape index (κ1) is 11.8. The van der Waals surface area contributed by atoms with Crippen molar-refractivity contribution in [1.29, 1.82) is 0 Å². The molecule has 17 heavy (non-hydrogen) atoms. The summed E-state index contributed by atoms with van der Waals surface area (Å²) in [6.07, 6.45) is 1.59. The summed E-state index contributed by atoms with van der Waals surface area (Å²) < 4.78 is 0. The van der Waals surface area contributed by atoms with Crippen molar-refractivity contribution in [3.8, 4) is 0 Å². The monoisotopic (exact) mass is 237 g/mol. The van der Waals surface area contributed by atoms with Gasteiger partial charge in [0.05, 0.1) is 11.0 Å². The van der Waals surface area contributed by atoms with Gasteiger partial charge in [0.1, 0.15) is 12.0 Å². The third-order valence-corrected chi connectivity index (χ3v) is 3.50. The lowest BCUT2D eigenvalue weighted by atomic mass is 9.64. The summed E-state index contributed by atoms with van der Waals surface area (Å²) in [5, 5.41) is 23.2. The summed E-state index contributed by atoms with van der Waals surface area (Å²) in [4.78, 5) is 14.0. The van der Waals surface area contributed by atoms with Gasteiger partial charge in [-0.05, 0) is 12.5 Å². The average Bonchev–Trinajstić information content (AvgIpc) is 2.29. The third-order valence-electron chi connectivity index (χ3n) is 3.50. The van der Waals surface area contributed by atoms with Gasteiger partial charge in [0.15, 0.2) is 0 Å². The molecule has 0 spiro atoms. The first-order valence-corrected chi connectivity index (χ1v) is 5.46. The van der Waals surface area contributed by atoms with Crippen molar-refractivity contribution in [2.75, 3.05) is 5.32 Å². The Balaban J connectivity index is 2.03. The summed E-state index contributed by atoms with van der Waals surface area (Å²) >= 11 is 0. The van der Waals surface area contributed by atoms with Gasteiger partial charge in [-0.3, -0.25) is 10.1 Å². The van der Waals surface area contributed by atoms with Crippen molar-refractivity contribution < 1.29 is 10.0 Å². The van der Waals surface area contributed by atoms with E-state index in [9.17, 15) is 15.2 Å². The Bertz CT molecular complexity index is 430. The van der Waals surface area contributed by atoms with E-state index in [-0.39, 0.29) is 23.2 Å². The molecule has 92 valence electrons. The molecule has 0 aromatic carbocycles. The molecule has 1 aliphatic carbocycles. The van der Waals surface area contributed by atoms with E-state index >= 15 is 0 Å². The predicted molar refractivity (Wildman–Crippen MR) is 62.7 cm³/mol. The van der Waals surface area contributed by atoms with Crippen molar-refractivity contribution in [1.82, 2.24) is 4.98 Å². The van der Waals surface area contributed by atoms with Gasteiger partial charge in [0, 0.05) is 17.5 Å². The number of hydrogen-bond acceptors (Lipinski definition) is 5. The second-order valence-corrected chi connectivity index (χ2v) is 4.93. The van der Waals surface area contributed by atoms with Gasteiger partial charge >= 0.3 is 0 Å².